The van der Waals surface area contributed by atoms with E-state index in [9.17, 15) is 0 Å². The third-order valence-corrected chi connectivity index (χ3v) is 0. The van der Waals surface area contributed by atoms with Crippen LogP contribution in [0.25, 0.3) is 0 Å². The Morgan fingerprint density at radius 2 is 0.214 bits per heavy atom. The molecule has 14 heavy (non-hydrogen) atoms. The fraction of sp³-hybridized carbons (Fsp3) is 0. The minimum absolute atomic E-state index is 0. The molecule has 0 aromatic rings. The van der Waals surface area contributed by atoms with Gasteiger partial charge in [-0.1, -0.05) is 0 Å². The minimum Gasteiger partial charge on any atom is 0 e. The van der Waals surface area contributed by atoms with Crippen molar-refractivity contribution < 1.29 is 178 Å². The first-order chi connectivity index (χ1) is 0. The summed E-state index contributed by atoms with van der Waals surface area (Å²) in [6, 6.07) is 0. The van der Waals surface area contributed by atoms with Gasteiger partial charge in [0.05, 0.1) is 0 Å². The van der Waals surface area contributed by atoms with E-state index >= 15 is 0 Å². The molecule has 0 aliphatic heterocycles. The summed E-state index contributed by atoms with van der Waals surface area (Å²) < 4.78 is 0. The van der Waals surface area contributed by atoms with E-state index in [2.05, 4.69) is 0 Å². The first-order valence-corrected chi connectivity index (χ1v) is 0. The van der Waals surface area contributed by atoms with Crippen LogP contribution in [0.15, 0.2) is 0 Å². The molecule has 0 nitrogen and oxygen atoms in total. The van der Waals surface area contributed by atoms with Crippen LogP contribution in [0.4, 0.5) is 0 Å². The Kier molecular flexibility index (Phi) is 1160. The van der Waals surface area contributed by atoms with Crippen molar-refractivity contribution in [3.8, 4) is 0 Å². The van der Waals surface area contributed by atoms with Gasteiger partial charge >= 0.3 is 0 Å². The summed E-state index contributed by atoms with van der Waals surface area (Å²) in [6.07, 6.45) is 0. The van der Waals surface area contributed by atoms with E-state index in [0.29, 0.717) is 0 Å². The van der Waals surface area contributed by atoms with Gasteiger partial charge in [0.25, 0.3) is 0 Å². The van der Waals surface area contributed by atoms with Crippen LogP contribution in [0.1, 0.15) is 0 Å². The summed E-state index contributed by atoms with van der Waals surface area (Å²) in [5.74, 6) is 0. The molecule has 0 bridgehead atoms. The Morgan fingerprint density at radius 1 is 0.214 bits per heavy atom. The largest absolute Gasteiger partial charge is 0 e. The molecule has 25 radical (unpaired) electrons. The van der Waals surface area contributed by atoms with Gasteiger partial charge in [0, 0.05) is 283 Å². The van der Waals surface area contributed by atoms with Crippen molar-refractivity contribution in [3.05, 3.63) is 0 Å². The molecule has 0 aliphatic rings. The van der Waals surface area contributed by atoms with Crippen molar-refractivity contribution in [1.29, 1.82) is 0 Å². The summed E-state index contributed by atoms with van der Waals surface area (Å²) in [5.41, 5.74) is 0. The van der Waals surface area contributed by atoms with E-state index < -0.39 is 0 Å². The second kappa shape index (κ2) is 119. The van der Waals surface area contributed by atoms with Crippen LogP contribution in [0, 0.1) is 0 Å². The van der Waals surface area contributed by atoms with Crippen molar-refractivity contribution in [1.82, 2.24) is 0 Å². The van der Waals surface area contributed by atoms with Gasteiger partial charge in [-0.05, 0) is 0 Å². The van der Waals surface area contributed by atoms with E-state index in [1.165, 1.54) is 0 Å². The van der Waals surface area contributed by atoms with Gasteiger partial charge < -0.3 is 0 Å². The van der Waals surface area contributed by atoms with Crippen LogP contribution < -0.4 is 0 Å². The summed E-state index contributed by atoms with van der Waals surface area (Å²) >= 11 is 0. The molecule has 0 atom stereocenters. The van der Waals surface area contributed by atoms with Gasteiger partial charge in [0.1, 0.15) is 0 Å². The topological polar surface area (TPSA) is 0 Å². The molecule has 0 amide bonds. The van der Waals surface area contributed by atoms with Crippen LogP contribution in [0.3, 0.4) is 0 Å². The second-order valence-corrected chi connectivity index (χ2v) is 0. The molecule has 57 valence electrons. The predicted molar refractivity (Wildman–Crippen MR) is 34.5 cm³/mol. The van der Waals surface area contributed by atoms with Crippen LogP contribution >= 0.6 is 0 Å². The number of rotatable bonds is 0. The average molecular weight is 860 g/mol. The van der Waals surface area contributed by atoms with E-state index in [0.717, 1.165) is 0 Å². The predicted octanol–water partition coefficient (Wildman–Crippen LogP) is -2.30. The Balaban J connectivity index is 0. The quantitative estimate of drug-likeness (QED) is 0.241. The zero-order valence-corrected chi connectivity index (χ0v) is 31.0. The summed E-state index contributed by atoms with van der Waals surface area (Å²) in [7, 11) is 0. The van der Waals surface area contributed by atoms with Crippen molar-refractivity contribution >= 4 is 104 Å². The Hall–Kier alpha value is 9.09. The maximum absolute atomic E-state index is 0. The maximum Gasteiger partial charge on any atom is 0 e. The molecule has 0 rings (SSSR count). The molecule has 0 N–H and O–H groups in total. The fourth-order valence-electron chi connectivity index (χ4n) is 0. The van der Waals surface area contributed by atoms with E-state index in [1.807, 2.05) is 0 Å². The van der Waals surface area contributed by atoms with Gasteiger partial charge in [0.15, 0.2) is 0 Å². The Bertz CT molecular complexity index is 18.1. The second-order valence-electron chi connectivity index (χ2n) is 0. The molecule has 0 saturated heterocycles. The normalized spacial score (nSPS) is 0. The minimum atomic E-state index is 0. The van der Waals surface area contributed by atoms with Gasteiger partial charge in [-0.15, -0.1) is 0 Å². The van der Waals surface area contributed by atoms with Gasteiger partial charge in [-0.3, -0.25) is 0 Å². The van der Waals surface area contributed by atoms with Crippen molar-refractivity contribution in [2.75, 3.05) is 0 Å². The summed E-state index contributed by atoms with van der Waals surface area (Å²) in [5, 5.41) is 0. The van der Waals surface area contributed by atoms with E-state index in [4.69, 9.17) is 0 Å². The zero-order valence-electron chi connectivity index (χ0n) is 7.09. The molecule has 0 saturated carbocycles. The standard InChI is InChI=1S/6Al.7Nb.Ti. The van der Waals surface area contributed by atoms with Crippen LogP contribution in [0.2, 0.25) is 0 Å². The first-order valence-electron chi connectivity index (χ1n) is 0. The molecule has 14 heteroatoms. The summed E-state index contributed by atoms with van der Waals surface area (Å²) in [4.78, 5) is 0. The maximum atomic E-state index is 0. The van der Waals surface area contributed by atoms with Gasteiger partial charge in [-0.2, -0.15) is 0 Å². The van der Waals surface area contributed by atoms with Crippen molar-refractivity contribution in [2.24, 2.45) is 0 Å². The first kappa shape index (κ1) is 136. The Morgan fingerprint density at radius 3 is 0.214 bits per heavy atom. The fourth-order valence-corrected chi connectivity index (χ4v) is 0. The molecule has 0 aromatic carbocycles. The molecule has 0 fully saturated rings. The zero-order chi connectivity index (χ0) is 0. The molecule has 0 unspecified atom stereocenters. The monoisotopic (exact) mass is 860 g/mol. The SMILES string of the molecule is [Al].[Al].[Al].[Al].[Al].[Al].[Nb].[Nb].[Nb].[Nb].[Nb].[Nb].[Nb].[Ti]. The molecular weight excluding hydrogens is 860 g/mol. The molecule has 0 spiro atoms. The van der Waals surface area contributed by atoms with Gasteiger partial charge in [-0.25, -0.2) is 0 Å². The molecule has 0 aromatic heterocycles. The van der Waals surface area contributed by atoms with Crippen LogP contribution in [-0.2, 0) is 178 Å². The van der Waals surface area contributed by atoms with E-state index in [-0.39, 0.29) is 283 Å². The smallest absolute Gasteiger partial charge is 0 e. The van der Waals surface area contributed by atoms with Crippen LogP contribution in [0.5, 0.6) is 0 Å². The van der Waals surface area contributed by atoms with Crippen molar-refractivity contribution in [3.63, 3.8) is 0 Å². The average Bonchev–Trinajstić information content (AvgIpc) is 0. The van der Waals surface area contributed by atoms with E-state index in [1.54, 1.807) is 0 Å². The Labute approximate surface area is 275 Å². The molecular formula is Al6Nb7Ti. The molecule has 0 aliphatic carbocycles. The van der Waals surface area contributed by atoms with Crippen LogP contribution in [-0.4, -0.2) is 104 Å². The molecule has 0 heterocycles. The van der Waals surface area contributed by atoms with Gasteiger partial charge in [0.2, 0.25) is 0 Å². The van der Waals surface area contributed by atoms with Crippen molar-refractivity contribution in [2.45, 2.75) is 0 Å². The third-order valence-electron chi connectivity index (χ3n) is 0. The number of hydrogen-bond donors (Lipinski definition) is 0. The number of hydrogen-bond acceptors (Lipinski definition) is 0. The third kappa shape index (κ3) is 103. The summed E-state index contributed by atoms with van der Waals surface area (Å²) in [6.45, 7) is 0.